The van der Waals surface area contributed by atoms with Gasteiger partial charge in [-0.15, -0.1) is 0 Å². The molecule has 6 atom stereocenters. The van der Waals surface area contributed by atoms with Crippen LogP contribution in [0.5, 0.6) is 5.75 Å². The summed E-state index contributed by atoms with van der Waals surface area (Å²) in [6.07, 6.45) is -1.59. The van der Waals surface area contributed by atoms with Gasteiger partial charge in [-0.25, -0.2) is 9.36 Å². The molecule has 3 N–H and O–H groups in total. The largest absolute Gasteiger partial charge is 0.462 e. The molecular weight excluding hydrogens is 509 g/mol. The molecule has 11 nitrogen and oxygen atoms in total. The van der Waals surface area contributed by atoms with E-state index in [1.807, 2.05) is 0 Å². The van der Waals surface area contributed by atoms with E-state index in [1.165, 1.54) is 11.5 Å². The number of para-hydroxylation sites is 1. The van der Waals surface area contributed by atoms with Crippen molar-refractivity contribution in [2.75, 3.05) is 6.61 Å². The van der Waals surface area contributed by atoms with E-state index >= 15 is 0 Å². The van der Waals surface area contributed by atoms with Crippen molar-refractivity contribution in [1.82, 2.24) is 14.6 Å². The Morgan fingerprint density at radius 2 is 1.97 bits per heavy atom. The smallest absolute Gasteiger partial charge is 0.459 e. The minimum atomic E-state index is -4.14. The number of hydrogen-bond acceptors (Lipinski definition) is 9. The Hall–Kier alpha value is -2.34. The second kappa shape index (κ2) is 11.8. The third-order valence-electron chi connectivity index (χ3n) is 5.54. The van der Waals surface area contributed by atoms with Crippen LogP contribution in [0.3, 0.4) is 0 Å². The van der Waals surface area contributed by atoms with E-state index in [9.17, 15) is 19.3 Å². The SMILES string of the molecule is Cc1cn([C@H]2OC(COP(=O)(N[C@@H](C)C(=O)OC(C)C)Oc3ccccc3)[C@@H](O)C2C)c(=O)[nH]c1=S. The number of benzene rings is 1. The molecule has 1 aliphatic rings. The Balaban J connectivity index is 1.77. The van der Waals surface area contributed by atoms with Crippen LogP contribution in [0, 0.1) is 17.5 Å². The summed E-state index contributed by atoms with van der Waals surface area (Å²) in [5.74, 6) is -0.881. The number of nitrogens with one attached hydrogen (secondary N) is 2. The summed E-state index contributed by atoms with van der Waals surface area (Å²) < 4.78 is 37.6. The number of esters is 1. The van der Waals surface area contributed by atoms with Crippen LogP contribution in [-0.4, -0.2) is 51.6 Å². The fourth-order valence-electron chi connectivity index (χ4n) is 3.63. The quantitative estimate of drug-likeness (QED) is 0.233. The maximum Gasteiger partial charge on any atom is 0.459 e. The lowest BCUT2D eigenvalue weighted by atomic mass is 10.0. The van der Waals surface area contributed by atoms with Gasteiger partial charge in [-0.1, -0.05) is 37.3 Å². The average Bonchev–Trinajstić information content (AvgIpc) is 3.08. The first kappa shape index (κ1) is 28.2. The number of nitrogens with zero attached hydrogens (tertiary/aromatic N) is 1. The maximum atomic E-state index is 13.6. The van der Waals surface area contributed by atoms with E-state index in [-0.39, 0.29) is 18.5 Å². The molecule has 0 saturated carbocycles. The number of aryl methyl sites for hydroxylation is 1. The normalized spacial score (nSPS) is 24.3. The van der Waals surface area contributed by atoms with Gasteiger partial charge in [-0.05, 0) is 39.8 Å². The van der Waals surface area contributed by atoms with Gasteiger partial charge in [0.1, 0.15) is 28.8 Å². The maximum absolute atomic E-state index is 13.6. The highest BCUT2D eigenvalue weighted by atomic mass is 32.1. The van der Waals surface area contributed by atoms with Crippen molar-refractivity contribution in [1.29, 1.82) is 0 Å². The lowest BCUT2D eigenvalue weighted by Crippen LogP contribution is -2.37. The highest BCUT2D eigenvalue weighted by molar-refractivity contribution is 7.71. The van der Waals surface area contributed by atoms with Crippen molar-refractivity contribution in [2.45, 2.75) is 65.2 Å². The Morgan fingerprint density at radius 1 is 1.31 bits per heavy atom. The Labute approximate surface area is 214 Å². The summed E-state index contributed by atoms with van der Waals surface area (Å²) in [5.41, 5.74) is 0.190. The number of rotatable bonds is 10. The minimum Gasteiger partial charge on any atom is -0.462 e. The molecule has 0 amide bonds. The van der Waals surface area contributed by atoms with Gasteiger partial charge in [0.25, 0.3) is 0 Å². The monoisotopic (exact) mass is 541 g/mol. The van der Waals surface area contributed by atoms with Gasteiger partial charge in [0.2, 0.25) is 0 Å². The number of aromatic nitrogens is 2. The molecule has 0 spiro atoms. The summed E-state index contributed by atoms with van der Waals surface area (Å²) in [6, 6.07) is 7.30. The first-order valence-electron chi connectivity index (χ1n) is 11.5. The van der Waals surface area contributed by atoms with E-state index in [0.717, 1.165) is 0 Å². The van der Waals surface area contributed by atoms with Crippen LogP contribution < -0.4 is 15.3 Å². The van der Waals surface area contributed by atoms with Crippen molar-refractivity contribution in [2.24, 2.45) is 5.92 Å². The van der Waals surface area contributed by atoms with Crippen LogP contribution in [0.4, 0.5) is 0 Å². The second-order valence-corrected chi connectivity index (χ2v) is 11.0. The summed E-state index contributed by atoms with van der Waals surface area (Å²) in [4.78, 5) is 27.3. The molecule has 0 radical (unpaired) electrons. The number of ether oxygens (including phenoxy) is 2. The summed E-state index contributed by atoms with van der Waals surface area (Å²) in [6.45, 7) is 8.00. The summed E-state index contributed by atoms with van der Waals surface area (Å²) >= 11 is 5.10. The molecule has 1 fully saturated rings. The zero-order chi connectivity index (χ0) is 26.6. The number of aliphatic hydroxyl groups is 1. The number of carbonyl (C=O) groups excluding carboxylic acids is 1. The van der Waals surface area contributed by atoms with Crippen LogP contribution >= 0.6 is 20.0 Å². The van der Waals surface area contributed by atoms with E-state index in [2.05, 4.69) is 10.1 Å². The standard InChI is InChI=1S/C23H32N3O8PS/c1-13(2)32-22(28)16(5)25-35(30,34-17-9-7-6-8-10-17)31-12-18-19(27)15(4)21(33-18)26-11-14(3)20(36)24-23(26)29/h6-11,13,15-16,18-19,21,27H,12H2,1-5H3,(H,25,30)(H,24,29,36)/t15?,16-,18?,19-,21-,35?/m0/s1. The molecular formula is C23H32N3O8PS. The van der Waals surface area contributed by atoms with E-state index < -0.39 is 49.8 Å². The predicted molar refractivity (Wildman–Crippen MR) is 134 cm³/mol. The number of aromatic amines is 1. The molecule has 1 saturated heterocycles. The van der Waals surface area contributed by atoms with E-state index in [1.54, 1.807) is 64.2 Å². The van der Waals surface area contributed by atoms with Gasteiger partial charge in [-0.3, -0.25) is 18.9 Å². The first-order chi connectivity index (χ1) is 16.9. The van der Waals surface area contributed by atoms with Crippen LogP contribution in [0.2, 0.25) is 0 Å². The van der Waals surface area contributed by atoms with Crippen molar-refractivity contribution < 1.29 is 33.0 Å². The molecule has 0 aliphatic carbocycles. The van der Waals surface area contributed by atoms with Crippen molar-refractivity contribution in [3.63, 3.8) is 0 Å². The topological polar surface area (TPSA) is 141 Å². The Kier molecular flexibility index (Phi) is 9.26. The van der Waals surface area contributed by atoms with Gasteiger partial charge in [0, 0.05) is 17.7 Å². The van der Waals surface area contributed by atoms with Crippen molar-refractivity contribution >= 4 is 25.9 Å². The first-order valence-corrected chi connectivity index (χ1v) is 13.5. The molecule has 198 valence electrons. The van der Waals surface area contributed by atoms with Crippen LogP contribution in [0.25, 0.3) is 0 Å². The Bertz CT molecular complexity index is 1220. The zero-order valence-electron chi connectivity index (χ0n) is 20.7. The molecule has 1 aromatic carbocycles. The summed E-state index contributed by atoms with van der Waals surface area (Å²) in [5, 5.41) is 13.4. The van der Waals surface area contributed by atoms with Gasteiger partial charge >= 0.3 is 19.4 Å². The van der Waals surface area contributed by atoms with Crippen LogP contribution in [-0.2, 0) is 23.4 Å². The number of H-pyrrole nitrogens is 1. The predicted octanol–water partition coefficient (Wildman–Crippen LogP) is 3.24. The lowest BCUT2D eigenvalue weighted by Gasteiger charge is -2.25. The van der Waals surface area contributed by atoms with Crippen LogP contribution in [0.1, 0.15) is 39.5 Å². The van der Waals surface area contributed by atoms with E-state index in [4.69, 9.17) is 30.7 Å². The van der Waals surface area contributed by atoms with E-state index in [0.29, 0.717) is 10.2 Å². The number of carbonyl (C=O) groups is 1. The van der Waals surface area contributed by atoms with Gasteiger partial charge < -0.3 is 19.1 Å². The lowest BCUT2D eigenvalue weighted by molar-refractivity contribution is -0.149. The minimum absolute atomic E-state index is 0.249. The molecule has 0 bridgehead atoms. The zero-order valence-corrected chi connectivity index (χ0v) is 22.5. The fraction of sp³-hybridized carbons (Fsp3) is 0.522. The highest BCUT2D eigenvalue weighted by Crippen LogP contribution is 2.46. The number of hydrogen-bond donors (Lipinski definition) is 3. The molecule has 1 aliphatic heterocycles. The summed E-state index contributed by atoms with van der Waals surface area (Å²) in [7, 11) is -4.14. The third kappa shape index (κ3) is 6.90. The molecule has 36 heavy (non-hydrogen) atoms. The molecule has 2 aromatic rings. The van der Waals surface area contributed by atoms with Crippen molar-refractivity contribution in [3.8, 4) is 5.75 Å². The van der Waals surface area contributed by atoms with Gasteiger partial charge in [0.05, 0.1) is 18.8 Å². The molecule has 13 heteroatoms. The van der Waals surface area contributed by atoms with Crippen LogP contribution in [0.15, 0.2) is 41.3 Å². The molecule has 3 rings (SSSR count). The van der Waals surface area contributed by atoms with Gasteiger partial charge in [0.15, 0.2) is 0 Å². The molecule has 3 unspecified atom stereocenters. The van der Waals surface area contributed by atoms with Gasteiger partial charge in [-0.2, -0.15) is 5.09 Å². The Morgan fingerprint density at radius 3 is 2.61 bits per heavy atom. The molecule has 2 heterocycles. The molecule has 1 aromatic heterocycles. The average molecular weight is 542 g/mol. The fourth-order valence-corrected chi connectivity index (χ4v) is 5.27. The highest BCUT2D eigenvalue weighted by Gasteiger charge is 2.44. The van der Waals surface area contributed by atoms with Crippen molar-refractivity contribution in [3.05, 3.63) is 57.2 Å². The third-order valence-corrected chi connectivity index (χ3v) is 7.61. The number of aliphatic hydroxyl groups excluding tert-OH is 1. The second-order valence-electron chi connectivity index (χ2n) is 8.93.